The second kappa shape index (κ2) is 8.40. The summed E-state index contributed by atoms with van der Waals surface area (Å²) in [6.45, 7) is 6.23. The van der Waals surface area contributed by atoms with Gasteiger partial charge in [-0.1, -0.05) is 30.2 Å². The Bertz CT molecular complexity index is 653. The smallest absolute Gasteiger partial charge is 0.226 e. The van der Waals surface area contributed by atoms with Crippen molar-refractivity contribution in [2.75, 3.05) is 31.5 Å². The summed E-state index contributed by atoms with van der Waals surface area (Å²) >= 11 is 5.93. The average Bonchev–Trinajstić information content (AvgIpc) is 2.57. The molecule has 0 radical (unpaired) electrons. The maximum absolute atomic E-state index is 5.93. The number of nitrogens with one attached hydrogen (secondary N) is 1. The standard InChI is InChI=1S/C18H24ClN5/c1-14-21-17(13-15-5-7-16(19)8-6-15)23-18(22-14)20-9-12-24-10-3-2-4-11-24/h5-8H,2-4,9-13H2,1H3,(H,20,21,22,23). The van der Waals surface area contributed by atoms with E-state index in [9.17, 15) is 0 Å². The minimum Gasteiger partial charge on any atom is -0.353 e. The van der Waals surface area contributed by atoms with Crippen LogP contribution in [0.15, 0.2) is 24.3 Å². The van der Waals surface area contributed by atoms with E-state index < -0.39 is 0 Å². The van der Waals surface area contributed by atoms with Gasteiger partial charge in [-0.2, -0.15) is 9.97 Å². The number of hydrogen-bond acceptors (Lipinski definition) is 5. The van der Waals surface area contributed by atoms with Crippen LogP contribution in [0.2, 0.25) is 5.02 Å². The molecule has 128 valence electrons. The first kappa shape index (κ1) is 17.1. The molecule has 0 spiro atoms. The zero-order valence-electron chi connectivity index (χ0n) is 14.1. The first-order chi connectivity index (χ1) is 11.7. The molecule has 0 bridgehead atoms. The first-order valence-corrected chi connectivity index (χ1v) is 8.99. The van der Waals surface area contributed by atoms with Crippen LogP contribution < -0.4 is 5.32 Å². The lowest BCUT2D eigenvalue weighted by Crippen LogP contribution is -2.34. The van der Waals surface area contributed by atoms with Crippen LogP contribution in [0.25, 0.3) is 0 Å². The molecule has 3 rings (SSSR count). The van der Waals surface area contributed by atoms with Gasteiger partial charge in [-0.25, -0.2) is 4.98 Å². The Labute approximate surface area is 148 Å². The Morgan fingerprint density at radius 2 is 1.79 bits per heavy atom. The molecule has 24 heavy (non-hydrogen) atoms. The summed E-state index contributed by atoms with van der Waals surface area (Å²) < 4.78 is 0. The predicted molar refractivity (Wildman–Crippen MR) is 97.6 cm³/mol. The molecule has 0 unspecified atom stereocenters. The summed E-state index contributed by atoms with van der Waals surface area (Å²) in [6.07, 6.45) is 4.68. The van der Waals surface area contributed by atoms with Gasteiger partial charge in [0, 0.05) is 24.5 Å². The Balaban J connectivity index is 1.57. The van der Waals surface area contributed by atoms with E-state index in [1.807, 2.05) is 31.2 Å². The zero-order valence-corrected chi connectivity index (χ0v) is 14.9. The number of halogens is 1. The zero-order chi connectivity index (χ0) is 16.8. The van der Waals surface area contributed by atoms with Gasteiger partial charge in [-0.05, 0) is 50.6 Å². The third-order valence-electron chi connectivity index (χ3n) is 4.23. The predicted octanol–water partition coefficient (Wildman–Crippen LogP) is 3.32. The van der Waals surface area contributed by atoms with Crippen LogP contribution in [-0.2, 0) is 6.42 Å². The molecule has 1 aliphatic heterocycles. The highest BCUT2D eigenvalue weighted by molar-refractivity contribution is 6.30. The van der Waals surface area contributed by atoms with Gasteiger partial charge in [0.25, 0.3) is 0 Å². The fourth-order valence-corrected chi connectivity index (χ4v) is 3.12. The summed E-state index contributed by atoms with van der Waals surface area (Å²) in [7, 11) is 0. The summed E-state index contributed by atoms with van der Waals surface area (Å²) in [5, 5.41) is 4.08. The number of hydrogen-bond donors (Lipinski definition) is 1. The van der Waals surface area contributed by atoms with Crippen LogP contribution in [0, 0.1) is 6.92 Å². The first-order valence-electron chi connectivity index (χ1n) is 8.61. The highest BCUT2D eigenvalue weighted by Gasteiger charge is 2.10. The summed E-state index contributed by atoms with van der Waals surface area (Å²) in [6, 6.07) is 7.79. The Morgan fingerprint density at radius 3 is 2.54 bits per heavy atom. The summed E-state index contributed by atoms with van der Waals surface area (Å²) in [5.41, 5.74) is 1.14. The number of piperidine rings is 1. The molecule has 1 N–H and O–H groups in total. The van der Waals surface area contributed by atoms with Crippen molar-refractivity contribution in [2.45, 2.75) is 32.6 Å². The Morgan fingerprint density at radius 1 is 1.04 bits per heavy atom. The van der Waals surface area contributed by atoms with Gasteiger partial charge in [0.2, 0.25) is 5.95 Å². The maximum atomic E-state index is 5.93. The molecular weight excluding hydrogens is 322 g/mol. The van der Waals surface area contributed by atoms with Crippen LogP contribution in [0.1, 0.15) is 36.5 Å². The molecule has 2 aromatic rings. The molecule has 5 nitrogen and oxygen atoms in total. The number of aromatic nitrogens is 3. The number of rotatable bonds is 6. The van der Waals surface area contributed by atoms with Crippen LogP contribution in [-0.4, -0.2) is 46.0 Å². The van der Waals surface area contributed by atoms with Crippen LogP contribution >= 0.6 is 11.6 Å². The van der Waals surface area contributed by atoms with E-state index in [2.05, 4.69) is 25.2 Å². The van der Waals surface area contributed by atoms with Crippen molar-refractivity contribution in [1.29, 1.82) is 0 Å². The number of benzene rings is 1. The fourth-order valence-electron chi connectivity index (χ4n) is 2.99. The third-order valence-corrected chi connectivity index (χ3v) is 4.48. The second-order valence-corrected chi connectivity index (χ2v) is 6.69. The Kier molecular flexibility index (Phi) is 5.99. The van der Waals surface area contributed by atoms with E-state index in [1.54, 1.807) is 0 Å². The molecule has 6 heteroatoms. The van der Waals surface area contributed by atoms with Gasteiger partial charge in [-0.3, -0.25) is 0 Å². The van der Waals surface area contributed by atoms with Crippen molar-refractivity contribution in [2.24, 2.45) is 0 Å². The van der Waals surface area contributed by atoms with Gasteiger partial charge in [0.1, 0.15) is 11.6 Å². The second-order valence-electron chi connectivity index (χ2n) is 6.25. The average molecular weight is 346 g/mol. The lowest BCUT2D eigenvalue weighted by atomic mass is 10.1. The maximum Gasteiger partial charge on any atom is 0.226 e. The van der Waals surface area contributed by atoms with Gasteiger partial charge in [-0.15, -0.1) is 0 Å². The number of anilines is 1. The molecule has 1 aromatic heterocycles. The van der Waals surface area contributed by atoms with Gasteiger partial charge in [0.05, 0.1) is 0 Å². The molecule has 0 saturated carbocycles. The van der Waals surface area contributed by atoms with Crippen molar-refractivity contribution in [1.82, 2.24) is 19.9 Å². The molecule has 1 aliphatic rings. The molecule has 1 aromatic carbocycles. The fraction of sp³-hybridized carbons (Fsp3) is 0.500. The Hall–Kier alpha value is -1.72. The molecule has 1 fully saturated rings. The highest BCUT2D eigenvalue weighted by Crippen LogP contribution is 2.13. The largest absolute Gasteiger partial charge is 0.353 e. The highest BCUT2D eigenvalue weighted by atomic mass is 35.5. The molecular formula is C18H24ClN5. The van der Waals surface area contributed by atoms with E-state index in [1.165, 1.54) is 32.4 Å². The van der Waals surface area contributed by atoms with E-state index in [-0.39, 0.29) is 0 Å². The molecule has 2 heterocycles. The minimum absolute atomic E-state index is 0.670. The van der Waals surface area contributed by atoms with E-state index in [4.69, 9.17) is 11.6 Å². The van der Waals surface area contributed by atoms with Crippen molar-refractivity contribution in [3.63, 3.8) is 0 Å². The van der Waals surface area contributed by atoms with Gasteiger partial charge in [0.15, 0.2) is 0 Å². The van der Waals surface area contributed by atoms with Crippen LogP contribution in [0.3, 0.4) is 0 Å². The summed E-state index contributed by atoms with van der Waals surface area (Å²) in [4.78, 5) is 15.9. The van der Waals surface area contributed by atoms with Crippen molar-refractivity contribution in [3.05, 3.63) is 46.5 Å². The number of likely N-dealkylation sites (tertiary alicyclic amines) is 1. The minimum atomic E-state index is 0.670. The SMILES string of the molecule is Cc1nc(Cc2ccc(Cl)cc2)nc(NCCN2CCCCC2)n1. The van der Waals surface area contributed by atoms with Crippen molar-refractivity contribution < 1.29 is 0 Å². The lowest BCUT2D eigenvalue weighted by Gasteiger charge is -2.26. The molecule has 1 saturated heterocycles. The quantitative estimate of drug-likeness (QED) is 0.870. The monoisotopic (exact) mass is 345 g/mol. The van der Waals surface area contributed by atoms with E-state index in [0.717, 1.165) is 35.3 Å². The van der Waals surface area contributed by atoms with Crippen LogP contribution in [0.4, 0.5) is 5.95 Å². The van der Waals surface area contributed by atoms with Crippen molar-refractivity contribution >= 4 is 17.5 Å². The molecule has 0 atom stereocenters. The summed E-state index contributed by atoms with van der Waals surface area (Å²) in [5.74, 6) is 2.20. The lowest BCUT2D eigenvalue weighted by molar-refractivity contribution is 0.237. The number of aryl methyl sites for hydroxylation is 1. The third kappa shape index (κ3) is 5.14. The molecule has 0 amide bonds. The molecule has 0 aliphatic carbocycles. The van der Waals surface area contributed by atoms with E-state index >= 15 is 0 Å². The van der Waals surface area contributed by atoms with E-state index in [0.29, 0.717) is 12.4 Å². The topological polar surface area (TPSA) is 53.9 Å². The normalized spacial score (nSPS) is 15.4. The van der Waals surface area contributed by atoms with Crippen molar-refractivity contribution in [3.8, 4) is 0 Å². The number of nitrogens with zero attached hydrogens (tertiary/aromatic N) is 4. The van der Waals surface area contributed by atoms with Gasteiger partial charge < -0.3 is 10.2 Å². The van der Waals surface area contributed by atoms with Gasteiger partial charge >= 0.3 is 0 Å². The van der Waals surface area contributed by atoms with Crippen LogP contribution in [0.5, 0.6) is 0 Å².